The van der Waals surface area contributed by atoms with Crippen LogP contribution in [0.15, 0.2) is 12.1 Å². The topological polar surface area (TPSA) is 50.8 Å². The monoisotopic (exact) mass is 314 g/mol. The number of hydrogen-bond acceptors (Lipinski definition) is 4. The number of hydrogen-bond donors (Lipinski definition) is 1. The van der Waals surface area contributed by atoms with E-state index in [0.29, 0.717) is 23.7 Å². The Morgan fingerprint density at radius 2 is 1.95 bits per heavy atom. The van der Waals surface area contributed by atoms with Crippen LogP contribution in [0, 0.1) is 0 Å². The van der Waals surface area contributed by atoms with E-state index in [1.54, 1.807) is 27.3 Å². The number of halogens is 1. The Bertz CT molecular complexity index is 494. The van der Waals surface area contributed by atoms with E-state index >= 15 is 0 Å². The summed E-state index contributed by atoms with van der Waals surface area (Å²) in [6.45, 7) is 2.64. The molecule has 1 aromatic carbocycles. The van der Waals surface area contributed by atoms with Crippen molar-refractivity contribution < 1.29 is 14.3 Å². The van der Waals surface area contributed by atoms with Crippen molar-refractivity contribution in [3.63, 3.8) is 0 Å². The molecular formula is C15H23ClN2O3. The van der Waals surface area contributed by atoms with E-state index in [0.717, 1.165) is 11.3 Å². The molecule has 0 aliphatic carbocycles. The molecular weight excluding hydrogens is 292 g/mol. The first kappa shape index (κ1) is 17.6. The summed E-state index contributed by atoms with van der Waals surface area (Å²) in [5, 5.41) is 3.18. The van der Waals surface area contributed by atoms with Gasteiger partial charge < -0.3 is 14.8 Å². The molecule has 0 saturated heterocycles. The van der Waals surface area contributed by atoms with Crippen LogP contribution < -0.4 is 14.8 Å². The van der Waals surface area contributed by atoms with Crippen LogP contribution >= 0.6 is 11.6 Å². The van der Waals surface area contributed by atoms with E-state index in [2.05, 4.69) is 10.2 Å². The van der Waals surface area contributed by atoms with Crippen LogP contribution in [0.5, 0.6) is 11.5 Å². The molecule has 1 amide bonds. The van der Waals surface area contributed by atoms with E-state index in [4.69, 9.17) is 21.1 Å². The van der Waals surface area contributed by atoms with Gasteiger partial charge in [0.1, 0.15) is 11.5 Å². The maximum absolute atomic E-state index is 11.4. The standard InChI is InChI=1S/C15H23ClN2O3/c1-10(6-15(19)17-2)18(3)9-11-7-12(16)14(21-5)8-13(11)20-4/h7-8,10H,6,9H2,1-5H3,(H,17,19)/t10-/m1/s1. The van der Waals surface area contributed by atoms with E-state index < -0.39 is 0 Å². The summed E-state index contributed by atoms with van der Waals surface area (Å²) in [4.78, 5) is 13.5. The Balaban J connectivity index is 2.86. The van der Waals surface area contributed by atoms with Gasteiger partial charge in [-0.1, -0.05) is 11.6 Å². The summed E-state index contributed by atoms with van der Waals surface area (Å²) in [7, 11) is 6.78. The molecule has 0 aliphatic rings. The van der Waals surface area contributed by atoms with Crippen molar-refractivity contribution in [1.29, 1.82) is 0 Å². The van der Waals surface area contributed by atoms with Gasteiger partial charge in [-0.3, -0.25) is 9.69 Å². The summed E-state index contributed by atoms with van der Waals surface area (Å²) in [6.07, 6.45) is 0.444. The predicted octanol–water partition coefficient (Wildman–Crippen LogP) is 2.31. The normalized spacial score (nSPS) is 12.1. The van der Waals surface area contributed by atoms with Crippen molar-refractivity contribution in [3.05, 3.63) is 22.7 Å². The van der Waals surface area contributed by atoms with Gasteiger partial charge in [-0.05, 0) is 20.0 Å². The quantitative estimate of drug-likeness (QED) is 0.839. The molecule has 0 unspecified atom stereocenters. The van der Waals surface area contributed by atoms with Gasteiger partial charge in [-0.15, -0.1) is 0 Å². The van der Waals surface area contributed by atoms with Crippen LogP contribution in [0.4, 0.5) is 0 Å². The highest BCUT2D eigenvalue weighted by molar-refractivity contribution is 6.32. The van der Waals surface area contributed by atoms with E-state index in [9.17, 15) is 4.79 Å². The zero-order valence-corrected chi connectivity index (χ0v) is 14.0. The highest BCUT2D eigenvalue weighted by Crippen LogP contribution is 2.33. The molecule has 1 atom stereocenters. The number of methoxy groups -OCH3 is 2. The van der Waals surface area contributed by atoms with E-state index in [-0.39, 0.29) is 11.9 Å². The minimum absolute atomic E-state index is 0.0223. The molecule has 1 N–H and O–H groups in total. The van der Waals surface area contributed by atoms with Gasteiger partial charge >= 0.3 is 0 Å². The number of rotatable bonds is 7. The van der Waals surface area contributed by atoms with Crippen LogP contribution in [0.2, 0.25) is 5.02 Å². The van der Waals surface area contributed by atoms with Crippen molar-refractivity contribution in [3.8, 4) is 11.5 Å². The molecule has 0 fully saturated rings. The van der Waals surface area contributed by atoms with Crippen LogP contribution in [-0.4, -0.2) is 45.2 Å². The number of carbonyl (C=O) groups is 1. The minimum atomic E-state index is 0.0223. The molecule has 1 rings (SSSR count). The van der Waals surface area contributed by atoms with Gasteiger partial charge in [0, 0.05) is 37.7 Å². The zero-order valence-electron chi connectivity index (χ0n) is 13.2. The Labute approximate surface area is 131 Å². The third-order valence-electron chi connectivity index (χ3n) is 3.49. The van der Waals surface area contributed by atoms with Crippen LogP contribution in [0.25, 0.3) is 0 Å². The van der Waals surface area contributed by atoms with Crippen LogP contribution in [0.3, 0.4) is 0 Å². The van der Waals surface area contributed by atoms with Gasteiger partial charge in [0.25, 0.3) is 0 Å². The smallest absolute Gasteiger partial charge is 0.221 e. The molecule has 1 aromatic rings. The summed E-state index contributed by atoms with van der Waals surface area (Å²) in [5.41, 5.74) is 0.953. The van der Waals surface area contributed by atoms with Crippen molar-refractivity contribution in [2.24, 2.45) is 0 Å². The van der Waals surface area contributed by atoms with Crippen molar-refractivity contribution in [2.75, 3.05) is 28.3 Å². The van der Waals surface area contributed by atoms with Crippen LogP contribution in [0.1, 0.15) is 18.9 Å². The molecule has 0 spiro atoms. The summed E-state index contributed by atoms with van der Waals surface area (Å²) in [6, 6.07) is 3.72. The third-order valence-corrected chi connectivity index (χ3v) is 3.78. The Morgan fingerprint density at radius 1 is 1.33 bits per heavy atom. The van der Waals surface area contributed by atoms with Crippen molar-refractivity contribution >= 4 is 17.5 Å². The SMILES string of the molecule is CNC(=O)C[C@@H](C)N(C)Cc1cc(Cl)c(OC)cc1OC. The highest BCUT2D eigenvalue weighted by atomic mass is 35.5. The Hall–Kier alpha value is -1.46. The fraction of sp³-hybridized carbons (Fsp3) is 0.533. The van der Waals surface area contributed by atoms with E-state index in [1.807, 2.05) is 20.0 Å². The maximum Gasteiger partial charge on any atom is 0.221 e. The number of carbonyl (C=O) groups excluding carboxylic acids is 1. The molecule has 0 bridgehead atoms. The third kappa shape index (κ3) is 4.79. The maximum atomic E-state index is 11.4. The fourth-order valence-electron chi connectivity index (χ4n) is 2.00. The average molecular weight is 315 g/mol. The lowest BCUT2D eigenvalue weighted by atomic mass is 10.1. The predicted molar refractivity (Wildman–Crippen MR) is 84.2 cm³/mol. The summed E-state index contributed by atoms with van der Waals surface area (Å²) in [5.74, 6) is 1.32. The zero-order chi connectivity index (χ0) is 16.0. The number of benzene rings is 1. The molecule has 0 heterocycles. The summed E-state index contributed by atoms with van der Waals surface area (Å²) >= 11 is 6.17. The van der Waals surface area contributed by atoms with Gasteiger partial charge in [0.2, 0.25) is 5.91 Å². The second kappa shape index (κ2) is 8.10. The first-order chi connectivity index (χ1) is 9.92. The number of nitrogens with one attached hydrogen (secondary N) is 1. The first-order valence-corrected chi connectivity index (χ1v) is 7.11. The lowest BCUT2D eigenvalue weighted by Crippen LogP contribution is -2.33. The molecule has 6 heteroatoms. The van der Waals surface area contributed by atoms with Gasteiger partial charge in [-0.25, -0.2) is 0 Å². The van der Waals surface area contributed by atoms with Gasteiger partial charge in [-0.2, -0.15) is 0 Å². The molecule has 0 saturated carbocycles. The largest absolute Gasteiger partial charge is 0.496 e. The second-order valence-corrected chi connectivity index (χ2v) is 5.35. The highest BCUT2D eigenvalue weighted by Gasteiger charge is 2.16. The number of nitrogens with zero attached hydrogens (tertiary/aromatic N) is 1. The molecule has 118 valence electrons. The van der Waals surface area contributed by atoms with Gasteiger partial charge in [0.15, 0.2) is 0 Å². The molecule has 5 nitrogen and oxygen atoms in total. The average Bonchev–Trinajstić information content (AvgIpc) is 2.47. The molecule has 0 aliphatic heterocycles. The number of amides is 1. The fourth-order valence-corrected chi connectivity index (χ4v) is 2.26. The molecule has 21 heavy (non-hydrogen) atoms. The Kier molecular flexibility index (Phi) is 6.78. The van der Waals surface area contributed by atoms with Crippen molar-refractivity contribution in [2.45, 2.75) is 25.9 Å². The Morgan fingerprint density at radius 3 is 2.48 bits per heavy atom. The first-order valence-electron chi connectivity index (χ1n) is 6.74. The molecule has 0 radical (unpaired) electrons. The lowest BCUT2D eigenvalue weighted by Gasteiger charge is -2.25. The van der Waals surface area contributed by atoms with Crippen LogP contribution in [-0.2, 0) is 11.3 Å². The second-order valence-electron chi connectivity index (χ2n) is 4.94. The van der Waals surface area contributed by atoms with E-state index in [1.165, 1.54) is 0 Å². The minimum Gasteiger partial charge on any atom is -0.496 e. The number of ether oxygens (including phenoxy) is 2. The van der Waals surface area contributed by atoms with Crippen molar-refractivity contribution in [1.82, 2.24) is 10.2 Å². The summed E-state index contributed by atoms with van der Waals surface area (Å²) < 4.78 is 10.6. The van der Waals surface area contributed by atoms with Gasteiger partial charge in [0.05, 0.1) is 19.2 Å². The lowest BCUT2D eigenvalue weighted by molar-refractivity contribution is -0.121. The molecule has 0 aromatic heterocycles.